The number of anilines is 1. The van der Waals surface area contributed by atoms with Crippen LogP contribution in [0.4, 0.5) is 5.69 Å². The fourth-order valence-electron chi connectivity index (χ4n) is 4.51. The highest BCUT2D eigenvalue weighted by Crippen LogP contribution is 2.42. The van der Waals surface area contributed by atoms with Crippen LogP contribution in [0.2, 0.25) is 0 Å². The molecule has 160 valence electrons. The van der Waals surface area contributed by atoms with E-state index in [2.05, 4.69) is 6.92 Å². The van der Waals surface area contributed by atoms with Crippen molar-refractivity contribution < 1.29 is 23.9 Å². The van der Waals surface area contributed by atoms with Gasteiger partial charge in [-0.3, -0.25) is 19.3 Å². The van der Waals surface area contributed by atoms with Crippen LogP contribution in [0.15, 0.2) is 54.6 Å². The fourth-order valence-corrected chi connectivity index (χ4v) is 4.51. The number of esters is 1. The standard InChI is InChI=1S/C25H25NO5/c1-15-8-13-20-21(14-15)24(29)26(23(20)28)19-11-9-18(10-12-19)25(30)31-16(2)22(27)17-6-4-3-5-7-17/h3-7,9-12,15-16,20-21H,8,13-14H2,1-2H3/t15-,16+,20-,21-/m1/s1. The molecule has 6 nitrogen and oxygen atoms in total. The van der Waals surface area contributed by atoms with Crippen molar-refractivity contribution in [3.63, 3.8) is 0 Å². The topological polar surface area (TPSA) is 80.8 Å². The molecule has 1 saturated carbocycles. The van der Waals surface area contributed by atoms with Crippen LogP contribution in [0, 0.1) is 17.8 Å². The second kappa shape index (κ2) is 8.46. The van der Waals surface area contributed by atoms with Crippen molar-refractivity contribution in [3.05, 3.63) is 65.7 Å². The van der Waals surface area contributed by atoms with Gasteiger partial charge in [-0.1, -0.05) is 37.3 Å². The van der Waals surface area contributed by atoms with Crippen LogP contribution in [0.25, 0.3) is 0 Å². The maximum absolute atomic E-state index is 12.8. The van der Waals surface area contributed by atoms with Crippen molar-refractivity contribution in [2.75, 3.05) is 4.90 Å². The van der Waals surface area contributed by atoms with Gasteiger partial charge in [-0.15, -0.1) is 0 Å². The van der Waals surface area contributed by atoms with Gasteiger partial charge in [-0.25, -0.2) is 4.79 Å². The highest BCUT2D eigenvalue weighted by molar-refractivity contribution is 6.22. The number of amides is 2. The minimum atomic E-state index is -0.929. The quantitative estimate of drug-likeness (QED) is 0.415. The van der Waals surface area contributed by atoms with Gasteiger partial charge in [0.05, 0.1) is 23.1 Å². The van der Waals surface area contributed by atoms with Crippen molar-refractivity contribution in [2.24, 2.45) is 17.8 Å². The van der Waals surface area contributed by atoms with Gasteiger partial charge in [0.25, 0.3) is 0 Å². The molecule has 0 bridgehead atoms. The summed E-state index contributed by atoms with van der Waals surface area (Å²) in [7, 11) is 0. The third-order valence-corrected chi connectivity index (χ3v) is 6.26. The van der Waals surface area contributed by atoms with Crippen molar-refractivity contribution in [1.29, 1.82) is 0 Å². The Morgan fingerprint density at radius 3 is 2.23 bits per heavy atom. The average molecular weight is 419 g/mol. The molecule has 2 fully saturated rings. The molecule has 0 aromatic heterocycles. The van der Waals surface area contributed by atoms with E-state index >= 15 is 0 Å². The first-order valence-electron chi connectivity index (χ1n) is 10.6. The van der Waals surface area contributed by atoms with Gasteiger partial charge in [-0.05, 0) is 56.4 Å². The second-order valence-electron chi connectivity index (χ2n) is 8.47. The Kier molecular flexibility index (Phi) is 5.72. The van der Waals surface area contributed by atoms with E-state index in [1.165, 1.54) is 24.0 Å². The van der Waals surface area contributed by atoms with Gasteiger partial charge in [-0.2, -0.15) is 0 Å². The summed E-state index contributed by atoms with van der Waals surface area (Å²) in [5, 5.41) is 0. The Morgan fingerprint density at radius 1 is 0.903 bits per heavy atom. The van der Waals surface area contributed by atoms with Crippen LogP contribution in [-0.2, 0) is 14.3 Å². The third kappa shape index (κ3) is 4.02. The molecule has 0 unspecified atom stereocenters. The minimum absolute atomic E-state index is 0.153. The van der Waals surface area contributed by atoms with Crippen molar-refractivity contribution in [1.82, 2.24) is 0 Å². The smallest absolute Gasteiger partial charge is 0.338 e. The molecule has 0 radical (unpaired) electrons. The number of carbonyl (C=O) groups excluding carboxylic acids is 4. The number of carbonyl (C=O) groups is 4. The first-order chi connectivity index (χ1) is 14.9. The molecule has 0 spiro atoms. The SMILES string of the molecule is C[C@@H]1CC[C@H]2C(=O)N(c3ccc(C(=O)O[C@@H](C)C(=O)c4ccccc4)cc3)C(=O)[C@@H]2C1. The summed E-state index contributed by atoms with van der Waals surface area (Å²) < 4.78 is 5.31. The van der Waals surface area contributed by atoms with Gasteiger partial charge in [0.2, 0.25) is 17.6 Å². The largest absolute Gasteiger partial charge is 0.451 e. The Labute approximate surface area is 181 Å². The number of Topliss-reactive ketones (excluding diaryl/α,β-unsaturated/α-hetero) is 1. The number of hydrogen-bond acceptors (Lipinski definition) is 5. The van der Waals surface area contributed by atoms with Crippen LogP contribution in [0.3, 0.4) is 0 Å². The number of ketones is 1. The normalized spacial score (nSPS) is 23.9. The van der Waals surface area contributed by atoms with Crippen LogP contribution in [0.1, 0.15) is 53.8 Å². The van der Waals surface area contributed by atoms with Crippen molar-refractivity contribution >= 4 is 29.3 Å². The van der Waals surface area contributed by atoms with Gasteiger partial charge in [0.1, 0.15) is 0 Å². The number of fused-ring (bicyclic) bond motifs is 1. The van der Waals surface area contributed by atoms with E-state index in [1.54, 1.807) is 42.5 Å². The monoisotopic (exact) mass is 419 g/mol. The molecule has 4 rings (SSSR count). The predicted molar refractivity (Wildman–Crippen MR) is 115 cm³/mol. The van der Waals surface area contributed by atoms with Gasteiger partial charge in [0, 0.05) is 5.56 Å². The van der Waals surface area contributed by atoms with Crippen molar-refractivity contribution in [3.8, 4) is 0 Å². The van der Waals surface area contributed by atoms with Gasteiger partial charge < -0.3 is 4.74 Å². The van der Waals surface area contributed by atoms with Crippen LogP contribution in [0.5, 0.6) is 0 Å². The maximum atomic E-state index is 12.8. The van der Waals surface area contributed by atoms with E-state index in [4.69, 9.17) is 4.74 Å². The molecular weight excluding hydrogens is 394 g/mol. The lowest BCUT2D eigenvalue weighted by molar-refractivity contribution is -0.122. The number of ether oxygens (including phenoxy) is 1. The number of rotatable bonds is 5. The molecule has 1 aliphatic carbocycles. The molecule has 0 N–H and O–H groups in total. The Balaban J connectivity index is 1.44. The van der Waals surface area contributed by atoms with Crippen LogP contribution in [-0.4, -0.2) is 29.7 Å². The first kappa shape index (κ1) is 21.0. The lowest BCUT2D eigenvalue weighted by atomic mass is 9.76. The van der Waals surface area contributed by atoms with Crippen molar-refractivity contribution in [2.45, 2.75) is 39.2 Å². The molecule has 2 aliphatic rings. The second-order valence-corrected chi connectivity index (χ2v) is 8.47. The lowest BCUT2D eigenvalue weighted by Gasteiger charge is -2.25. The highest BCUT2D eigenvalue weighted by atomic mass is 16.5. The van der Waals surface area contributed by atoms with E-state index in [1.807, 2.05) is 0 Å². The molecular formula is C25H25NO5. The summed E-state index contributed by atoms with van der Waals surface area (Å²) >= 11 is 0. The first-order valence-corrected chi connectivity index (χ1v) is 10.6. The number of benzene rings is 2. The van der Waals surface area contributed by atoms with Gasteiger partial charge in [0.15, 0.2) is 6.10 Å². The predicted octanol–water partition coefficient (Wildman–Crippen LogP) is 4.04. The van der Waals surface area contributed by atoms with Crippen LogP contribution < -0.4 is 4.90 Å². The molecule has 31 heavy (non-hydrogen) atoms. The molecule has 4 atom stereocenters. The molecule has 2 aromatic rings. The number of imide groups is 1. The van der Waals surface area contributed by atoms with E-state index in [9.17, 15) is 19.2 Å². The fraction of sp³-hybridized carbons (Fsp3) is 0.360. The number of hydrogen-bond donors (Lipinski definition) is 0. The van der Waals surface area contributed by atoms with E-state index in [-0.39, 0.29) is 35.0 Å². The molecule has 1 saturated heterocycles. The molecule has 1 heterocycles. The zero-order valence-electron chi connectivity index (χ0n) is 17.6. The van der Waals surface area contributed by atoms with Gasteiger partial charge >= 0.3 is 5.97 Å². The zero-order chi connectivity index (χ0) is 22.1. The summed E-state index contributed by atoms with van der Waals surface area (Å²) in [6.45, 7) is 3.65. The summed E-state index contributed by atoms with van der Waals surface area (Å²) in [6, 6.07) is 14.8. The summed E-state index contributed by atoms with van der Waals surface area (Å²) in [6.07, 6.45) is 1.51. The third-order valence-electron chi connectivity index (χ3n) is 6.26. The molecule has 2 aromatic carbocycles. The zero-order valence-corrected chi connectivity index (χ0v) is 17.6. The highest BCUT2D eigenvalue weighted by Gasteiger charge is 2.49. The lowest BCUT2D eigenvalue weighted by Crippen LogP contribution is -2.31. The average Bonchev–Trinajstić information content (AvgIpc) is 3.03. The maximum Gasteiger partial charge on any atom is 0.338 e. The Morgan fingerprint density at radius 2 is 1.55 bits per heavy atom. The minimum Gasteiger partial charge on any atom is -0.451 e. The van der Waals surface area contributed by atoms with E-state index < -0.39 is 12.1 Å². The summed E-state index contributed by atoms with van der Waals surface area (Å²) in [4.78, 5) is 51.8. The molecule has 1 aliphatic heterocycles. The number of nitrogens with zero attached hydrogens (tertiary/aromatic N) is 1. The Hall–Kier alpha value is -3.28. The van der Waals surface area contributed by atoms with E-state index in [0.29, 0.717) is 17.2 Å². The molecule has 6 heteroatoms. The summed E-state index contributed by atoms with van der Waals surface area (Å²) in [5.74, 6) is -1.27. The Bertz CT molecular complexity index is 1010. The van der Waals surface area contributed by atoms with Crippen LogP contribution >= 0.6 is 0 Å². The summed E-state index contributed by atoms with van der Waals surface area (Å²) in [5.41, 5.74) is 1.18. The van der Waals surface area contributed by atoms with E-state index in [0.717, 1.165) is 19.3 Å². The molecule has 2 amide bonds.